The second-order valence-electron chi connectivity index (χ2n) is 5.01. The first-order chi connectivity index (χ1) is 9.82. The topological polar surface area (TPSA) is 29.5 Å². The standard InChI is InChI=1S/C17H18O2S/c18-12-16-13-20-17(19-16,15-9-5-2-6-10-15)11-14-7-3-1-4-8-14/h1-10,16,18H,11-13H2/t16-,17-/m1/s1. The van der Waals surface area contributed by atoms with Gasteiger partial charge in [-0.1, -0.05) is 60.7 Å². The molecule has 0 radical (unpaired) electrons. The van der Waals surface area contributed by atoms with E-state index >= 15 is 0 Å². The third-order valence-corrected chi connectivity index (χ3v) is 5.04. The Bertz CT molecular complexity index is 543. The fraction of sp³-hybridized carbons (Fsp3) is 0.294. The number of hydrogen-bond donors (Lipinski definition) is 1. The van der Waals surface area contributed by atoms with E-state index in [0.717, 1.165) is 12.2 Å². The van der Waals surface area contributed by atoms with Crippen LogP contribution in [0.1, 0.15) is 11.1 Å². The summed E-state index contributed by atoms with van der Waals surface area (Å²) in [7, 11) is 0. The molecule has 0 aliphatic carbocycles. The molecular weight excluding hydrogens is 268 g/mol. The lowest BCUT2D eigenvalue weighted by Crippen LogP contribution is -2.28. The second kappa shape index (κ2) is 6.00. The van der Waals surface area contributed by atoms with Crippen LogP contribution in [0.4, 0.5) is 0 Å². The summed E-state index contributed by atoms with van der Waals surface area (Å²) in [6.07, 6.45) is 0.739. The van der Waals surface area contributed by atoms with Gasteiger partial charge in [-0.2, -0.15) is 0 Å². The molecule has 20 heavy (non-hydrogen) atoms. The lowest BCUT2D eigenvalue weighted by molar-refractivity contribution is -0.0344. The van der Waals surface area contributed by atoms with Gasteiger partial charge in [-0.15, -0.1) is 11.8 Å². The van der Waals surface area contributed by atoms with Crippen molar-refractivity contribution in [3.05, 3.63) is 71.8 Å². The first kappa shape index (κ1) is 13.7. The number of benzene rings is 2. The minimum atomic E-state index is -0.379. The van der Waals surface area contributed by atoms with Crippen LogP contribution in [0.15, 0.2) is 60.7 Å². The molecule has 2 atom stereocenters. The summed E-state index contributed by atoms with van der Waals surface area (Å²) in [6.45, 7) is 0.0797. The lowest BCUT2D eigenvalue weighted by atomic mass is 10.0. The van der Waals surface area contributed by atoms with Gasteiger partial charge in [-0.05, 0) is 11.1 Å². The van der Waals surface area contributed by atoms with E-state index in [9.17, 15) is 5.11 Å². The van der Waals surface area contributed by atoms with Crippen molar-refractivity contribution in [2.24, 2.45) is 0 Å². The summed E-state index contributed by atoms with van der Waals surface area (Å²) >= 11 is 1.79. The van der Waals surface area contributed by atoms with Crippen LogP contribution < -0.4 is 0 Å². The van der Waals surface area contributed by atoms with Crippen molar-refractivity contribution in [2.45, 2.75) is 17.5 Å². The maximum absolute atomic E-state index is 9.37. The molecule has 1 heterocycles. The molecule has 1 N–H and O–H groups in total. The fourth-order valence-corrected chi connectivity index (χ4v) is 3.96. The van der Waals surface area contributed by atoms with Gasteiger partial charge in [0.2, 0.25) is 0 Å². The molecule has 0 saturated carbocycles. The van der Waals surface area contributed by atoms with Crippen molar-refractivity contribution in [1.29, 1.82) is 0 Å². The highest BCUT2D eigenvalue weighted by atomic mass is 32.2. The van der Waals surface area contributed by atoms with E-state index in [1.807, 2.05) is 24.3 Å². The monoisotopic (exact) mass is 286 g/mol. The van der Waals surface area contributed by atoms with Gasteiger partial charge in [-0.25, -0.2) is 0 Å². The van der Waals surface area contributed by atoms with Gasteiger partial charge in [0.1, 0.15) is 4.93 Å². The molecule has 1 aliphatic heterocycles. The van der Waals surface area contributed by atoms with Gasteiger partial charge in [0, 0.05) is 12.2 Å². The van der Waals surface area contributed by atoms with Crippen molar-refractivity contribution in [3.63, 3.8) is 0 Å². The Labute approximate surface area is 123 Å². The third-order valence-electron chi connectivity index (χ3n) is 3.56. The first-order valence-electron chi connectivity index (χ1n) is 6.84. The number of hydrogen-bond acceptors (Lipinski definition) is 3. The minimum absolute atomic E-state index is 0.0797. The quantitative estimate of drug-likeness (QED) is 0.936. The highest BCUT2D eigenvalue weighted by Gasteiger charge is 2.42. The average Bonchev–Trinajstić information content (AvgIpc) is 2.94. The van der Waals surface area contributed by atoms with Crippen LogP contribution in [-0.2, 0) is 16.1 Å². The SMILES string of the molecule is OC[C@@H]1CS[C@](Cc2ccccc2)(c2ccccc2)O1. The summed E-state index contributed by atoms with van der Waals surface area (Å²) < 4.78 is 6.20. The van der Waals surface area contributed by atoms with E-state index in [2.05, 4.69) is 36.4 Å². The largest absolute Gasteiger partial charge is 0.394 e. The van der Waals surface area contributed by atoms with Crippen molar-refractivity contribution in [2.75, 3.05) is 12.4 Å². The van der Waals surface area contributed by atoms with Crippen LogP contribution in [0.25, 0.3) is 0 Å². The molecule has 2 nitrogen and oxygen atoms in total. The number of aliphatic hydroxyl groups excluding tert-OH is 1. The van der Waals surface area contributed by atoms with Gasteiger partial charge >= 0.3 is 0 Å². The molecule has 0 unspecified atom stereocenters. The van der Waals surface area contributed by atoms with Crippen molar-refractivity contribution >= 4 is 11.8 Å². The van der Waals surface area contributed by atoms with Crippen LogP contribution >= 0.6 is 11.8 Å². The Morgan fingerprint density at radius 3 is 2.30 bits per heavy atom. The summed E-state index contributed by atoms with van der Waals surface area (Å²) in [5.74, 6) is 0.832. The molecule has 0 aromatic heterocycles. The summed E-state index contributed by atoms with van der Waals surface area (Å²) in [4.78, 5) is -0.379. The van der Waals surface area contributed by atoms with E-state index in [0.29, 0.717) is 0 Å². The Morgan fingerprint density at radius 1 is 1.05 bits per heavy atom. The molecule has 3 rings (SSSR count). The molecule has 1 fully saturated rings. The van der Waals surface area contributed by atoms with Gasteiger partial charge in [-0.3, -0.25) is 0 Å². The number of rotatable bonds is 4. The van der Waals surface area contributed by atoms with Crippen LogP contribution in [0.3, 0.4) is 0 Å². The van der Waals surface area contributed by atoms with E-state index in [1.54, 1.807) is 11.8 Å². The van der Waals surface area contributed by atoms with Crippen molar-refractivity contribution in [1.82, 2.24) is 0 Å². The molecule has 2 aromatic carbocycles. The Balaban J connectivity index is 1.93. The van der Waals surface area contributed by atoms with Gasteiger partial charge in [0.05, 0.1) is 12.7 Å². The average molecular weight is 286 g/mol. The molecular formula is C17H18O2S. The molecule has 2 aromatic rings. The molecule has 0 spiro atoms. The molecule has 3 heteroatoms. The smallest absolute Gasteiger partial charge is 0.143 e. The first-order valence-corrected chi connectivity index (χ1v) is 7.83. The van der Waals surface area contributed by atoms with Gasteiger partial charge in [0.15, 0.2) is 0 Å². The maximum Gasteiger partial charge on any atom is 0.143 e. The highest BCUT2D eigenvalue weighted by Crippen LogP contribution is 2.47. The summed E-state index contributed by atoms with van der Waals surface area (Å²) in [6, 6.07) is 20.7. The number of thioether (sulfide) groups is 1. The fourth-order valence-electron chi connectivity index (χ4n) is 2.56. The van der Waals surface area contributed by atoms with Crippen LogP contribution in [0, 0.1) is 0 Å². The predicted molar refractivity (Wildman–Crippen MR) is 82.7 cm³/mol. The Hall–Kier alpha value is -1.29. The van der Waals surface area contributed by atoms with E-state index in [-0.39, 0.29) is 17.6 Å². The number of aliphatic hydroxyl groups is 1. The van der Waals surface area contributed by atoms with Crippen LogP contribution in [-0.4, -0.2) is 23.6 Å². The van der Waals surface area contributed by atoms with E-state index in [4.69, 9.17) is 4.74 Å². The van der Waals surface area contributed by atoms with E-state index < -0.39 is 0 Å². The summed E-state index contributed by atoms with van der Waals surface area (Å²) in [5, 5.41) is 9.37. The molecule has 1 saturated heterocycles. The second-order valence-corrected chi connectivity index (χ2v) is 6.30. The maximum atomic E-state index is 9.37. The zero-order valence-electron chi connectivity index (χ0n) is 11.2. The Kier molecular flexibility index (Phi) is 4.10. The molecule has 104 valence electrons. The molecule has 0 bridgehead atoms. The zero-order valence-corrected chi connectivity index (χ0v) is 12.1. The summed E-state index contributed by atoms with van der Waals surface area (Å²) in [5.41, 5.74) is 2.42. The van der Waals surface area contributed by atoms with Crippen molar-refractivity contribution in [3.8, 4) is 0 Å². The van der Waals surface area contributed by atoms with Crippen LogP contribution in [0.5, 0.6) is 0 Å². The lowest BCUT2D eigenvalue weighted by Gasteiger charge is -2.29. The van der Waals surface area contributed by atoms with Gasteiger partial charge in [0.25, 0.3) is 0 Å². The highest BCUT2D eigenvalue weighted by molar-refractivity contribution is 8.00. The molecule has 1 aliphatic rings. The zero-order chi connectivity index (χ0) is 13.8. The predicted octanol–water partition coefficient (Wildman–Crippen LogP) is 3.21. The van der Waals surface area contributed by atoms with E-state index in [1.165, 1.54) is 11.1 Å². The minimum Gasteiger partial charge on any atom is -0.394 e. The van der Waals surface area contributed by atoms with Crippen molar-refractivity contribution < 1.29 is 9.84 Å². The molecule has 0 amide bonds. The normalized spacial score (nSPS) is 25.8. The van der Waals surface area contributed by atoms with Gasteiger partial charge < -0.3 is 9.84 Å². The third kappa shape index (κ3) is 2.75. The number of ether oxygens (including phenoxy) is 1. The van der Waals surface area contributed by atoms with Crippen LogP contribution in [0.2, 0.25) is 0 Å². The Morgan fingerprint density at radius 2 is 1.70 bits per heavy atom.